The Bertz CT molecular complexity index is 390. The molecule has 0 amide bonds. The molecule has 0 aliphatic carbocycles. The lowest BCUT2D eigenvalue weighted by molar-refractivity contribution is 0.229. The fraction of sp³-hybridized carbons (Fsp3) is 0.529. The Morgan fingerprint density at radius 3 is 2.85 bits per heavy atom. The molecule has 0 spiro atoms. The summed E-state index contributed by atoms with van der Waals surface area (Å²) >= 11 is 0. The van der Waals surface area contributed by atoms with Crippen molar-refractivity contribution in [2.24, 2.45) is 0 Å². The summed E-state index contributed by atoms with van der Waals surface area (Å²) in [6, 6.07) is 8.80. The van der Waals surface area contributed by atoms with Gasteiger partial charge < -0.3 is 10.1 Å². The Hall–Kier alpha value is -1.32. The fourth-order valence-electron chi connectivity index (χ4n) is 1.92. The van der Waals surface area contributed by atoms with Crippen LogP contribution in [-0.4, -0.2) is 37.2 Å². The number of benzene rings is 1. The smallest absolute Gasteiger partial charge is 0.119 e. The Morgan fingerprint density at radius 1 is 1.40 bits per heavy atom. The molecule has 0 aliphatic rings. The van der Waals surface area contributed by atoms with Crippen molar-refractivity contribution in [3.05, 3.63) is 42.5 Å². The summed E-state index contributed by atoms with van der Waals surface area (Å²) in [7, 11) is 0. The number of likely N-dealkylation sites (N-methyl/N-ethyl adjacent to an activating group) is 1. The molecule has 0 fully saturated rings. The number of ether oxygens (including phenoxy) is 1. The Morgan fingerprint density at radius 2 is 2.20 bits per heavy atom. The van der Waals surface area contributed by atoms with Gasteiger partial charge in [0.25, 0.3) is 0 Å². The van der Waals surface area contributed by atoms with E-state index in [1.54, 1.807) is 0 Å². The van der Waals surface area contributed by atoms with E-state index < -0.39 is 0 Å². The Kier molecular flexibility index (Phi) is 8.00. The highest BCUT2D eigenvalue weighted by Crippen LogP contribution is 2.13. The third kappa shape index (κ3) is 6.73. The zero-order chi connectivity index (χ0) is 14.8. The number of hydrogen-bond donors (Lipinski definition) is 1. The van der Waals surface area contributed by atoms with E-state index >= 15 is 0 Å². The largest absolute Gasteiger partial charge is 0.492 e. The minimum absolute atomic E-state index is 0.497. The van der Waals surface area contributed by atoms with Crippen LogP contribution >= 0.6 is 0 Å². The zero-order valence-electron chi connectivity index (χ0n) is 13.1. The molecule has 0 aromatic heterocycles. The summed E-state index contributed by atoms with van der Waals surface area (Å²) in [5, 5.41) is 3.41. The molecule has 0 heterocycles. The minimum atomic E-state index is 0.497. The maximum atomic E-state index is 5.83. The monoisotopic (exact) mass is 276 g/mol. The summed E-state index contributed by atoms with van der Waals surface area (Å²) in [5.41, 5.74) is 1.26. The number of rotatable bonds is 10. The first-order valence-electron chi connectivity index (χ1n) is 7.44. The number of nitrogens with zero attached hydrogens (tertiary/aromatic N) is 1. The third-order valence-corrected chi connectivity index (χ3v) is 3.12. The zero-order valence-corrected chi connectivity index (χ0v) is 13.1. The van der Waals surface area contributed by atoms with Crippen molar-refractivity contribution in [2.75, 3.05) is 26.2 Å². The molecule has 0 unspecified atom stereocenters. The van der Waals surface area contributed by atoms with Crippen molar-refractivity contribution in [1.29, 1.82) is 0 Å². The van der Waals surface area contributed by atoms with Gasteiger partial charge in [-0.05, 0) is 24.2 Å². The van der Waals surface area contributed by atoms with E-state index in [1.807, 2.05) is 18.2 Å². The van der Waals surface area contributed by atoms with E-state index in [-0.39, 0.29) is 0 Å². The van der Waals surface area contributed by atoms with E-state index in [9.17, 15) is 0 Å². The van der Waals surface area contributed by atoms with Crippen LogP contribution < -0.4 is 10.1 Å². The van der Waals surface area contributed by atoms with Crippen molar-refractivity contribution in [3.63, 3.8) is 0 Å². The average Bonchev–Trinajstić information content (AvgIpc) is 2.44. The molecule has 3 heteroatoms. The molecule has 0 radical (unpaired) electrons. The molecule has 1 N–H and O–H groups in total. The van der Waals surface area contributed by atoms with E-state index in [2.05, 4.69) is 49.7 Å². The van der Waals surface area contributed by atoms with Gasteiger partial charge >= 0.3 is 0 Å². The van der Waals surface area contributed by atoms with Crippen LogP contribution in [0.4, 0.5) is 0 Å². The van der Waals surface area contributed by atoms with Crippen molar-refractivity contribution in [1.82, 2.24) is 10.2 Å². The molecule has 0 aliphatic heterocycles. The molecule has 1 aromatic rings. The van der Waals surface area contributed by atoms with E-state index in [4.69, 9.17) is 4.74 Å². The van der Waals surface area contributed by atoms with Gasteiger partial charge in [-0.25, -0.2) is 0 Å². The minimum Gasteiger partial charge on any atom is -0.492 e. The SMILES string of the molecule is C=CCN(CC)CCOc1cccc(CNC(C)C)c1. The summed E-state index contributed by atoms with van der Waals surface area (Å²) in [6.45, 7) is 14.7. The highest BCUT2D eigenvalue weighted by Gasteiger charge is 2.01. The van der Waals surface area contributed by atoms with E-state index in [0.29, 0.717) is 12.6 Å². The second-order valence-corrected chi connectivity index (χ2v) is 5.21. The Balaban J connectivity index is 2.39. The number of hydrogen-bond acceptors (Lipinski definition) is 3. The van der Waals surface area contributed by atoms with Gasteiger partial charge in [0.1, 0.15) is 12.4 Å². The van der Waals surface area contributed by atoms with Gasteiger partial charge in [-0.3, -0.25) is 4.90 Å². The maximum absolute atomic E-state index is 5.83. The predicted octanol–water partition coefficient (Wildman–Crippen LogP) is 3.07. The van der Waals surface area contributed by atoms with Gasteiger partial charge in [0, 0.05) is 25.7 Å². The Labute approximate surface area is 123 Å². The molecular weight excluding hydrogens is 248 g/mol. The second kappa shape index (κ2) is 9.56. The first-order chi connectivity index (χ1) is 9.65. The molecule has 1 aromatic carbocycles. The average molecular weight is 276 g/mol. The molecule has 0 atom stereocenters. The summed E-state index contributed by atoms with van der Waals surface area (Å²) in [4.78, 5) is 2.30. The van der Waals surface area contributed by atoms with Gasteiger partial charge in [0.05, 0.1) is 0 Å². The van der Waals surface area contributed by atoms with Crippen molar-refractivity contribution in [2.45, 2.75) is 33.4 Å². The standard InChI is InChI=1S/C17H28N2O/c1-5-10-19(6-2)11-12-20-17-9-7-8-16(13-17)14-18-15(3)4/h5,7-9,13,15,18H,1,6,10-12,14H2,2-4H3. The third-order valence-electron chi connectivity index (χ3n) is 3.12. The topological polar surface area (TPSA) is 24.5 Å². The van der Waals surface area contributed by atoms with Gasteiger partial charge in [-0.1, -0.05) is 39.0 Å². The van der Waals surface area contributed by atoms with Crippen LogP contribution in [0.25, 0.3) is 0 Å². The van der Waals surface area contributed by atoms with Gasteiger partial charge in [0.2, 0.25) is 0 Å². The molecule has 112 valence electrons. The molecule has 0 saturated carbocycles. The summed E-state index contributed by atoms with van der Waals surface area (Å²) in [6.07, 6.45) is 1.93. The maximum Gasteiger partial charge on any atom is 0.119 e. The van der Waals surface area contributed by atoms with Crippen LogP contribution in [-0.2, 0) is 6.54 Å². The molecule has 0 saturated heterocycles. The van der Waals surface area contributed by atoms with Gasteiger partial charge in [-0.2, -0.15) is 0 Å². The predicted molar refractivity (Wildman–Crippen MR) is 86.2 cm³/mol. The lowest BCUT2D eigenvalue weighted by Crippen LogP contribution is -2.28. The highest BCUT2D eigenvalue weighted by molar-refractivity contribution is 5.28. The summed E-state index contributed by atoms with van der Waals surface area (Å²) in [5.74, 6) is 0.947. The first-order valence-corrected chi connectivity index (χ1v) is 7.44. The van der Waals surface area contributed by atoms with E-state index in [0.717, 1.165) is 31.9 Å². The lowest BCUT2D eigenvalue weighted by Gasteiger charge is -2.18. The van der Waals surface area contributed by atoms with E-state index in [1.165, 1.54) is 5.56 Å². The second-order valence-electron chi connectivity index (χ2n) is 5.21. The highest BCUT2D eigenvalue weighted by atomic mass is 16.5. The van der Waals surface area contributed by atoms with Crippen LogP contribution in [0, 0.1) is 0 Å². The molecule has 20 heavy (non-hydrogen) atoms. The molecular formula is C17H28N2O. The molecule has 0 bridgehead atoms. The lowest BCUT2D eigenvalue weighted by atomic mass is 10.2. The quantitative estimate of drug-likeness (QED) is 0.665. The van der Waals surface area contributed by atoms with Crippen LogP contribution in [0.3, 0.4) is 0 Å². The molecule has 3 nitrogen and oxygen atoms in total. The van der Waals surface area contributed by atoms with Gasteiger partial charge in [0.15, 0.2) is 0 Å². The van der Waals surface area contributed by atoms with Crippen molar-refractivity contribution >= 4 is 0 Å². The van der Waals surface area contributed by atoms with Crippen LogP contribution in [0.15, 0.2) is 36.9 Å². The van der Waals surface area contributed by atoms with Crippen LogP contribution in [0.1, 0.15) is 26.3 Å². The number of nitrogens with one attached hydrogen (secondary N) is 1. The van der Waals surface area contributed by atoms with Crippen molar-refractivity contribution < 1.29 is 4.74 Å². The summed E-state index contributed by atoms with van der Waals surface area (Å²) < 4.78 is 5.83. The molecule has 1 rings (SSSR count). The first kappa shape index (κ1) is 16.7. The fourth-order valence-corrected chi connectivity index (χ4v) is 1.92. The normalized spacial score (nSPS) is 11.1. The van der Waals surface area contributed by atoms with Crippen LogP contribution in [0.2, 0.25) is 0 Å². The van der Waals surface area contributed by atoms with Gasteiger partial charge in [-0.15, -0.1) is 6.58 Å². The van der Waals surface area contributed by atoms with Crippen molar-refractivity contribution in [3.8, 4) is 5.75 Å². The van der Waals surface area contributed by atoms with Crippen LogP contribution in [0.5, 0.6) is 5.75 Å².